The summed E-state index contributed by atoms with van der Waals surface area (Å²) >= 11 is 0. The molecule has 2 atom stereocenters. The molecule has 0 radical (unpaired) electrons. The number of carbonyl (C=O) groups is 1. The average Bonchev–Trinajstić information content (AvgIpc) is 3.33. The summed E-state index contributed by atoms with van der Waals surface area (Å²) in [4.78, 5) is 20.4. The predicted molar refractivity (Wildman–Crippen MR) is 103 cm³/mol. The lowest BCUT2D eigenvalue weighted by Crippen LogP contribution is -2.34. The molecule has 134 valence electrons. The minimum atomic E-state index is 0.0785. The Labute approximate surface area is 153 Å². The molecule has 2 aromatic carbocycles. The van der Waals surface area contributed by atoms with E-state index in [0.717, 1.165) is 47.2 Å². The zero-order chi connectivity index (χ0) is 17.9. The first-order chi connectivity index (χ1) is 12.7. The van der Waals surface area contributed by atoms with Crippen LogP contribution in [-0.2, 0) is 11.3 Å². The Balaban J connectivity index is 1.40. The fraction of sp³-hybridized carbons (Fsp3) is 0.333. The van der Waals surface area contributed by atoms with E-state index in [9.17, 15) is 4.79 Å². The Morgan fingerprint density at radius 2 is 1.96 bits per heavy atom. The zero-order valence-corrected chi connectivity index (χ0v) is 14.7. The first-order valence-electron chi connectivity index (χ1n) is 9.26. The first-order valence-corrected chi connectivity index (χ1v) is 9.26. The number of nitrogens with zero attached hydrogens (tertiary/aromatic N) is 1. The van der Waals surface area contributed by atoms with Gasteiger partial charge in [0, 0.05) is 18.0 Å². The molecule has 5 heteroatoms. The largest absolute Gasteiger partial charge is 0.352 e. The number of hydrogen-bond acceptors (Lipinski definition) is 3. The highest BCUT2D eigenvalue weighted by molar-refractivity contribution is 5.80. The molecule has 4 rings (SSSR count). The number of carbonyl (C=O) groups excluding carboxylic acids is 1. The summed E-state index contributed by atoms with van der Waals surface area (Å²) in [5.41, 5.74) is 9.90. The molecule has 0 unspecified atom stereocenters. The molecule has 4 N–H and O–H groups in total. The highest BCUT2D eigenvalue weighted by Gasteiger charge is 2.31. The van der Waals surface area contributed by atoms with E-state index in [0.29, 0.717) is 19.0 Å². The number of aromatic nitrogens is 2. The number of nitrogens with two attached hydrogens (primary N) is 1. The standard InChI is InChI=1S/C21H24N4O/c22-12-16-4-3-5-17(16)21(26)23-13-14-8-10-15(11-9-14)20-24-18-6-1-2-7-19(18)25-20/h1-2,6-11,16-17H,3-5,12-13,22H2,(H,23,26)(H,24,25)/t16-,17-/m1/s1. The number of amides is 1. The number of fused-ring (bicyclic) bond motifs is 1. The second-order valence-corrected chi connectivity index (χ2v) is 7.05. The van der Waals surface area contributed by atoms with Crippen LogP contribution in [0.4, 0.5) is 0 Å². The van der Waals surface area contributed by atoms with Crippen molar-refractivity contribution in [3.05, 3.63) is 54.1 Å². The van der Waals surface area contributed by atoms with Crippen LogP contribution in [0, 0.1) is 11.8 Å². The van der Waals surface area contributed by atoms with Gasteiger partial charge in [0.15, 0.2) is 0 Å². The molecule has 1 aliphatic carbocycles. The summed E-state index contributed by atoms with van der Waals surface area (Å²) in [7, 11) is 0. The van der Waals surface area contributed by atoms with Crippen LogP contribution in [0.1, 0.15) is 24.8 Å². The third-order valence-electron chi connectivity index (χ3n) is 5.38. The maximum absolute atomic E-state index is 12.4. The van der Waals surface area contributed by atoms with Crippen molar-refractivity contribution in [3.63, 3.8) is 0 Å². The average molecular weight is 348 g/mol. The molecule has 1 amide bonds. The Morgan fingerprint density at radius 3 is 2.73 bits per heavy atom. The quantitative estimate of drug-likeness (QED) is 0.662. The monoisotopic (exact) mass is 348 g/mol. The third kappa shape index (κ3) is 3.35. The molecule has 1 heterocycles. The molecule has 5 nitrogen and oxygen atoms in total. The molecule has 3 aromatic rings. The van der Waals surface area contributed by atoms with Crippen molar-refractivity contribution >= 4 is 16.9 Å². The summed E-state index contributed by atoms with van der Waals surface area (Å²) in [6, 6.07) is 16.2. The lowest BCUT2D eigenvalue weighted by molar-refractivity contribution is -0.126. The van der Waals surface area contributed by atoms with Gasteiger partial charge in [-0.3, -0.25) is 4.79 Å². The molecule has 0 spiro atoms. The minimum absolute atomic E-state index is 0.0785. The van der Waals surface area contributed by atoms with Gasteiger partial charge in [0.2, 0.25) is 5.91 Å². The summed E-state index contributed by atoms with van der Waals surface area (Å²) in [6.07, 6.45) is 3.13. The van der Waals surface area contributed by atoms with E-state index < -0.39 is 0 Å². The van der Waals surface area contributed by atoms with Crippen LogP contribution in [0.5, 0.6) is 0 Å². The lowest BCUT2D eigenvalue weighted by atomic mass is 9.95. The second-order valence-electron chi connectivity index (χ2n) is 7.05. The van der Waals surface area contributed by atoms with Crippen molar-refractivity contribution < 1.29 is 4.79 Å². The van der Waals surface area contributed by atoms with Gasteiger partial charge >= 0.3 is 0 Å². The summed E-state index contributed by atoms with van der Waals surface area (Å²) in [5.74, 6) is 1.41. The normalized spacial score (nSPS) is 19.7. The Morgan fingerprint density at radius 1 is 1.15 bits per heavy atom. The van der Waals surface area contributed by atoms with Crippen LogP contribution < -0.4 is 11.1 Å². The van der Waals surface area contributed by atoms with Crippen LogP contribution in [-0.4, -0.2) is 22.4 Å². The van der Waals surface area contributed by atoms with Crippen LogP contribution in [0.15, 0.2) is 48.5 Å². The molecular weight excluding hydrogens is 324 g/mol. The second kappa shape index (κ2) is 7.30. The molecule has 1 aromatic heterocycles. The number of imidazole rings is 1. The fourth-order valence-corrected chi connectivity index (χ4v) is 3.85. The Kier molecular flexibility index (Phi) is 4.71. The van der Waals surface area contributed by atoms with E-state index in [4.69, 9.17) is 5.73 Å². The zero-order valence-electron chi connectivity index (χ0n) is 14.7. The van der Waals surface area contributed by atoms with Gasteiger partial charge in [0.05, 0.1) is 11.0 Å². The molecule has 0 saturated heterocycles. The van der Waals surface area contributed by atoms with Crippen molar-refractivity contribution in [1.82, 2.24) is 15.3 Å². The van der Waals surface area contributed by atoms with Crippen molar-refractivity contribution in [3.8, 4) is 11.4 Å². The highest BCUT2D eigenvalue weighted by atomic mass is 16.1. The number of H-pyrrole nitrogens is 1. The number of benzene rings is 2. The van der Waals surface area contributed by atoms with Gasteiger partial charge in [-0.1, -0.05) is 42.8 Å². The molecule has 1 saturated carbocycles. The van der Waals surface area contributed by atoms with Crippen molar-refractivity contribution in [2.75, 3.05) is 6.54 Å². The van der Waals surface area contributed by atoms with Crippen LogP contribution in [0.25, 0.3) is 22.4 Å². The van der Waals surface area contributed by atoms with Gasteiger partial charge in [-0.2, -0.15) is 0 Å². The molecule has 1 aliphatic rings. The summed E-state index contributed by atoms with van der Waals surface area (Å²) in [6.45, 7) is 1.15. The van der Waals surface area contributed by atoms with E-state index in [1.807, 2.05) is 48.5 Å². The lowest BCUT2D eigenvalue weighted by Gasteiger charge is -2.17. The maximum atomic E-state index is 12.4. The van der Waals surface area contributed by atoms with Crippen molar-refractivity contribution in [2.24, 2.45) is 17.6 Å². The predicted octanol–water partition coefficient (Wildman–Crippen LogP) is 3.22. The first kappa shape index (κ1) is 16.8. The molecular formula is C21H24N4O. The summed E-state index contributed by atoms with van der Waals surface area (Å²) < 4.78 is 0. The number of aromatic amines is 1. The van der Waals surface area contributed by atoms with E-state index in [-0.39, 0.29) is 11.8 Å². The van der Waals surface area contributed by atoms with Gasteiger partial charge in [0.1, 0.15) is 5.82 Å². The minimum Gasteiger partial charge on any atom is -0.352 e. The van der Waals surface area contributed by atoms with Crippen LogP contribution in [0.3, 0.4) is 0 Å². The smallest absolute Gasteiger partial charge is 0.223 e. The Hall–Kier alpha value is -2.66. The Bertz CT molecular complexity index is 867. The van der Waals surface area contributed by atoms with Gasteiger partial charge in [0.25, 0.3) is 0 Å². The molecule has 1 fully saturated rings. The highest BCUT2D eigenvalue weighted by Crippen LogP contribution is 2.31. The van der Waals surface area contributed by atoms with Gasteiger partial charge < -0.3 is 16.0 Å². The fourth-order valence-electron chi connectivity index (χ4n) is 3.85. The number of hydrogen-bond donors (Lipinski definition) is 3. The van der Waals surface area contributed by atoms with Gasteiger partial charge in [-0.15, -0.1) is 0 Å². The van der Waals surface area contributed by atoms with Crippen LogP contribution in [0.2, 0.25) is 0 Å². The summed E-state index contributed by atoms with van der Waals surface area (Å²) in [5, 5.41) is 3.07. The van der Waals surface area contributed by atoms with E-state index in [1.165, 1.54) is 0 Å². The van der Waals surface area contributed by atoms with Crippen molar-refractivity contribution in [2.45, 2.75) is 25.8 Å². The van der Waals surface area contributed by atoms with E-state index >= 15 is 0 Å². The number of para-hydroxylation sites is 2. The van der Waals surface area contributed by atoms with E-state index in [1.54, 1.807) is 0 Å². The van der Waals surface area contributed by atoms with Gasteiger partial charge in [-0.25, -0.2) is 4.98 Å². The maximum Gasteiger partial charge on any atom is 0.223 e. The van der Waals surface area contributed by atoms with Crippen LogP contribution >= 0.6 is 0 Å². The number of nitrogens with one attached hydrogen (secondary N) is 2. The SMILES string of the molecule is NC[C@H]1CCC[C@H]1C(=O)NCc1ccc(-c2nc3ccccc3[nH]2)cc1. The topological polar surface area (TPSA) is 83.8 Å². The molecule has 26 heavy (non-hydrogen) atoms. The number of rotatable bonds is 5. The van der Waals surface area contributed by atoms with Crippen molar-refractivity contribution in [1.29, 1.82) is 0 Å². The third-order valence-corrected chi connectivity index (χ3v) is 5.38. The van der Waals surface area contributed by atoms with Gasteiger partial charge in [-0.05, 0) is 43.0 Å². The molecule has 0 aliphatic heterocycles. The molecule has 0 bridgehead atoms. The van der Waals surface area contributed by atoms with E-state index in [2.05, 4.69) is 15.3 Å².